The van der Waals surface area contributed by atoms with Gasteiger partial charge in [-0.25, -0.2) is 9.18 Å². The van der Waals surface area contributed by atoms with Crippen molar-refractivity contribution < 1.29 is 23.6 Å². The molecule has 2 heterocycles. The Balaban J connectivity index is 1.34. The number of carbonyl (C=O) groups is 2. The molecule has 1 saturated heterocycles. The van der Waals surface area contributed by atoms with Gasteiger partial charge in [-0.3, -0.25) is 4.79 Å². The molecule has 1 aliphatic heterocycles. The first-order chi connectivity index (χ1) is 19.5. The predicted molar refractivity (Wildman–Crippen MR) is 150 cm³/mol. The maximum atomic E-state index is 13.9. The van der Waals surface area contributed by atoms with Gasteiger partial charge in [0.1, 0.15) is 11.3 Å². The summed E-state index contributed by atoms with van der Waals surface area (Å²) in [5.74, 6) is -1.01. The van der Waals surface area contributed by atoms with Gasteiger partial charge in [-0.05, 0) is 42.5 Å². The molecule has 0 bridgehead atoms. The van der Waals surface area contributed by atoms with E-state index in [1.54, 1.807) is 42.5 Å². The van der Waals surface area contributed by atoms with Crippen LogP contribution in [0.25, 0.3) is 22.2 Å². The van der Waals surface area contributed by atoms with Gasteiger partial charge in [-0.15, -0.1) is 0 Å². The zero-order valence-electron chi connectivity index (χ0n) is 21.2. The highest BCUT2D eigenvalue weighted by molar-refractivity contribution is 6.29. The zero-order chi connectivity index (χ0) is 27.4. The van der Waals surface area contributed by atoms with E-state index in [1.807, 2.05) is 18.2 Å². The van der Waals surface area contributed by atoms with Crippen molar-refractivity contribution in [1.29, 1.82) is 0 Å². The summed E-state index contributed by atoms with van der Waals surface area (Å²) in [4.78, 5) is 30.2. The van der Waals surface area contributed by atoms with Gasteiger partial charge in [0.15, 0.2) is 11.5 Å². The number of ketones is 1. The summed E-state index contributed by atoms with van der Waals surface area (Å²) in [6, 6.07) is 22.2. The van der Waals surface area contributed by atoms with Crippen LogP contribution in [0.5, 0.6) is 0 Å². The van der Waals surface area contributed by atoms with Crippen LogP contribution in [0.1, 0.15) is 26.3 Å². The Hall–Kier alpha value is -5.18. The maximum Gasteiger partial charge on any atom is 0.337 e. The topological polar surface area (TPSA) is 98.9 Å². The Morgan fingerprint density at radius 1 is 0.875 bits per heavy atom. The molecule has 0 atom stereocenters. The molecular weight excluding hydrogens is 511 g/mol. The van der Waals surface area contributed by atoms with Crippen LogP contribution in [-0.2, 0) is 0 Å². The molecule has 198 valence electrons. The number of piperazine rings is 1. The summed E-state index contributed by atoms with van der Waals surface area (Å²) in [7, 11) is 0. The summed E-state index contributed by atoms with van der Waals surface area (Å²) in [5.41, 5.74) is 4.87. The van der Waals surface area contributed by atoms with E-state index in [0.29, 0.717) is 70.9 Å². The third-order valence-corrected chi connectivity index (χ3v) is 7.62. The molecule has 0 radical (unpaired) electrons. The van der Waals surface area contributed by atoms with Crippen molar-refractivity contribution >= 4 is 45.4 Å². The molecule has 0 amide bonds. The molecule has 2 N–H and O–H groups in total. The van der Waals surface area contributed by atoms with Gasteiger partial charge < -0.3 is 24.7 Å². The van der Waals surface area contributed by atoms with Crippen molar-refractivity contribution in [1.82, 2.24) is 5.16 Å². The number of aromatic carboxylic acids is 1. The second-order valence-electron chi connectivity index (χ2n) is 9.85. The number of hydrogen-bond donors (Lipinski definition) is 2. The van der Waals surface area contributed by atoms with Crippen molar-refractivity contribution in [3.8, 4) is 11.3 Å². The van der Waals surface area contributed by atoms with Gasteiger partial charge in [-0.2, -0.15) is 0 Å². The maximum absolute atomic E-state index is 13.9. The number of carboxylic acids is 1. The first-order valence-electron chi connectivity index (χ1n) is 12.9. The van der Waals surface area contributed by atoms with E-state index in [2.05, 4.69) is 20.3 Å². The molecule has 0 unspecified atom stereocenters. The summed E-state index contributed by atoms with van der Waals surface area (Å²) in [6.07, 6.45) is 0. The molecule has 4 aromatic carbocycles. The van der Waals surface area contributed by atoms with Gasteiger partial charge >= 0.3 is 5.97 Å². The Bertz CT molecular complexity index is 1810. The summed E-state index contributed by atoms with van der Waals surface area (Å²) in [5, 5.41) is 18.1. The molecule has 1 aliphatic carbocycles. The highest BCUT2D eigenvalue weighted by Gasteiger charge is 2.34. The number of aromatic nitrogens is 1. The zero-order valence-corrected chi connectivity index (χ0v) is 21.2. The van der Waals surface area contributed by atoms with E-state index in [4.69, 9.17) is 4.52 Å². The minimum atomic E-state index is -1.07. The molecule has 0 spiro atoms. The fraction of sp³-hybridized carbons (Fsp3) is 0.129. The van der Waals surface area contributed by atoms with Crippen LogP contribution < -0.4 is 15.1 Å². The van der Waals surface area contributed by atoms with Crippen molar-refractivity contribution in [2.24, 2.45) is 0 Å². The van der Waals surface area contributed by atoms with Gasteiger partial charge in [-0.1, -0.05) is 41.6 Å². The number of nitrogens with zero attached hydrogens (tertiary/aromatic N) is 3. The second kappa shape index (κ2) is 9.23. The van der Waals surface area contributed by atoms with Crippen molar-refractivity contribution in [3.63, 3.8) is 0 Å². The first kappa shape index (κ1) is 23.9. The van der Waals surface area contributed by atoms with E-state index >= 15 is 0 Å². The third-order valence-electron chi connectivity index (χ3n) is 7.62. The van der Waals surface area contributed by atoms with Crippen LogP contribution in [-0.4, -0.2) is 48.2 Å². The SMILES string of the molecule is O=C(O)c1ccccc1Nc1cc(N2CCN(c3ccc(F)cc3)CC2)c2noc3c2c1C(=O)c1ccccc1-3. The average Bonchev–Trinajstić information content (AvgIpc) is 3.42. The number of carboxylic acid groups (broad SMARTS) is 1. The fourth-order valence-corrected chi connectivity index (χ4v) is 5.66. The first-order valence-corrected chi connectivity index (χ1v) is 12.9. The lowest BCUT2D eigenvalue weighted by molar-refractivity contribution is 0.0697. The van der Waals surface area contributed by atoms with E-state index in [1.165, 1.54) is 18.2 Å². The van der Waals surface area contributed by atoms with E-state index in [9.17, 15) is 19.1 Å². The lowest BCUT2D eigenvalue weighted by Gasteiger charge is -2.37. The number of nitrogens with one attached hydrogen (secondary N) is 1. The second-order valence-corrected chi connectivity index (χ2v) is 9.85. The smallest absolute Gasteiger partial charge is 0.337 e. The minimum absolute atomic E-state index is 0.0958. The molecule has 1 fully saturated rings. The molecule has 9 heteroatoms. The standard InChI is InChI=1S/C31H23FN4O4/c32-18-9-11-19(12-10-18)35-13-15-36(16-14-35)25-17-24(33-23-8-4-3-7-22(23)31(38)39)26-27-28(25)34-40-30(27)21-6-2-1-5-20(21)29(26)37/h1-12,17,33H,13-16H2,(H,38,39). The van der Waals surface area contributed by atoms with Crippen molar-refractivity contribution in [3.05, 3.63) is 101 Å². The Morgan fingerprint density at radius 3 is 2.30 bits per heavy atom. The van der Waals surface area contributed by atoms with Crippen LogP contribution in [0, 0.1) is 5.82 Å². The van der Waals surface area contributed by atoms with Crippen LogP contribution >= 0.6 is 0 Å². The van der Waals surface area contributed by atoms with Crippen LogP contribution in [0.2, 0.25) is 0 Å². The molecule has 7 rings (SSSR count). The van der Waals surface area contributed by atoms with E-state index in [-0.39, 0.29) is 17.2 Å². The van der Waals surface area contributed by atoms with Crippen LogP contribution in [0.3, 0.4) is 0 Å². The summed E-state index contributed by atoms with van der Waals surface area (Å²) in [6.45, 7) is 2.71. The number of carbonyl (C=O) groups excluding carboxylic acids is 1. The molecule has 1 aromatic heterocycles. The molecule has 2 aliphatic rings. The lowest BCUT2D eigenvalue weighted by atomic mass is 9.86. The molecule has 8 nitrogen and oxygen atoms in total. The Kier molecular flexibility index (Phi) is 5.52. The predicted octanol–water partition coefficient (Wildman–Crippen LogP) is 5.95. The molecular formula is C31H23FN4O4. The monoisotopic (exact) mass is 534 g/mol. The van der Waals surface area contributed by atoms with Crippen molar-refractivity contribution in [2.45, 2.75) is 0 Å². The number of para-hydroxylation sites is 1. The van der Waals surface area contributed by atoms with E-state index < -0.39 is 5.97 Å². The highest BCUT2D eigenvalue weighted by atomic mass is 19.1. The summed E-state index contributed by atoms with van der Waals surface area (Å²) < 4.78 is 19.3. The number of benzene rings is 4. The van der Waals surface area contributed by atoms with Gasteiger partial charge in [0, 0.05) is 43.0 Å². The lowest BCUT2D eigenvalue weighted by Crippen LogP contribution is -2.46. The number of rotatable bonds is 5. The minimum Gasteiger partial charge on any atom is -0.478 e. The quantitative estimate of drug-likeness (QED) is 0.280. The summed E-state index contributed by atoms with van der Waals surface area (Å²) >= 11 is 0. The number of fused-ring (bicyclic) bond motifs is 2. The number of anilines is 4. The van der Waals surface area contributed by atoms with Crippen LogP contribution in [0.4, 0.5) is 27.1 Å². The Morgan fingerprint density at radius 2 is 1.55 bits per heavy atom. The molecule has 0 saturated carbocycles. The van der Waals surface area contributed by atoms with E-state index in [0.717, 1.165) is 11.4 Å². The molecule has 5 aromatic rings. The normalized spacial score (nSPS) is 14.4. The fourth-order valence-electron chi connectivity index (χ4n) is 5.66. The third kappa shape index (κ3) is 3.78. The Labute approximate surface area is 228 Å². The largest absolute Gasteiger partial charge is 0.478 e. The van der Waals surface area contributed by atoms with Crippen LogP contribution in [0.15, 0.2) is 83.4 Å². The average molecular weight is 535 g/mol. The van der Waals surface area contributed by atoms with Crippen molar-refractivity contribution in [2.75, 3.05) is 41.3 Å². The van der Waals surface area contributed by atoms with Gasteiger partial charge in [0.2, 0.25) is 0 Å². The van der Waals surface area contributed by atoms with Gasteiger partial charge in [0.05, 0.1) is 33.6 Å². The van der Waals surface area contributed by atoms with Gasteiger partial charge in [0.25, 0.3) is 0 Å². The molecule has 40 heavy (non-hydrogen) atoms. The number of halogens is 1. The highest BCUT2D eigenvalue weighted by Crippen LogP contribution is 2.46. The number of hydrogen-bond acceptors (Lipinski definition) is 7.